The molecule has 0 aromatic carbocycles. The second kappa shape index (κ2) is 3.52. The fraction of sp³-hybridized carbons (Fsp3) is 0.667. The van der Waals surface area contributed by atoms with E-state index in [1.165, 1.54) is 0 Å². The number of alkyl halides is 2. The van der Waals surface area contributed by atoms with Gasteiger partial charge in [0.25, 0.3) is 5.92 Å². The van der Waals surface area contributed by atoms with Crippen LogP contribution in [-0.2, 0) is 17.6 Å². The van der Waals surface area contributed by atoms with Gasteiger partial charge in [0.2, 0.25) is 0 Å². The number of hydrogen-bond donors (Lipinski definition) is 1. The summed E-state index contributed by atoms with van der Waals surface area (Å²) < 4.78 is 31.7. The fourth-order valence-electron chi connectivity index (χ4n) is 2.80. The van der Waals surface area contributed by atoms with E-state index in [-0.39, 0.29) is 25.1 Å². The molecule has 2 aliphatic rings. The predicted molar refractivity (Wildman–Crippen MR) is 58.6 cm³/mol. The number of ether oxygens (including phenoxy) is 1. The molecule has 1 atom stereocenters. The summed E-state index contributed by atoms with van der Waals surface area (Å²) in [6.45, 7) is 1.95. The molecule has 1 N–H and O–H groups in total. The van der Waals surface area contributed by atoms with Crippen molar-refractivity contribution < 1.29 is 18.3 Å². The summed E-state index contributed by atoms with van der Waals surface area (Å²) in [4.78, 5) is 11.7. The number of esters is 1. The van der Waals surface area contributed by atoms with E-state index >= 15 is 0 Å². The average molecular weight is 256 g/mol. The summed E-state index contributed by atoms with van der Waals surface area (Å²) in [7, 11) is 0. The Morgan fingerprint density at radius 2 is 2.28 bits per heavy atom. The molecule has 0 amide bonds. The summed E-state index contributed by atoms with van der Waals surface area (Å²) in [5.41, 5.74) is 0.655. The Morgan fingerprint density at radius 3 is 2.89 bits per heavy atom. The van der Waals surface area contributed by atoms with Crippen molar-refractivity contribution in [2.45, 2.75) is 38.5 Å². The lowest BCUT2D eigenvalue weighted by atomic mass is 9.83. The summed E-state index contributed by atoms with van der Waals surface area (Å²) in [5.74, 6) is -3.12. The number of hydrogen-bond acceptors (Lipinski definition) is 3. The normalized spacial score (nSPS) is 27.9. The van der Waals surface area contributed by atoms with Gasteiger partial charge in [-0.1, -0.05) is 0 Å². The van der Waals surface area contributed by atoms with E-state index in [1.807, 2.05) is 0 Å². The zero-order chi connectivity index (χ0) is 13.0. The van der Waals surface area contributed by atoms with Crippen LogP contribution in [0.3, 0.4) is 0 Å². The molecule has 1 spiro atoms. The van der Waals surface area contributed by atoms with Crippen LogP contribution in [0, 0.1) is 5.41 Å². The summed E-state index contributed by atoms with van der Waals surface area (Å²) in [6, 6.07) is 0. The second-order valence-electron chi connectivity index (χ2n) is 5.09. The van der Waals surface area contributed by atoms with E-state index in [9.17, 15) is 13.6 Å². The molecule has 1 aromatic rings. The Bertz CT molecular complexity index is 512. The lowest BCUT2D eigenvalue weighted by Gasteiger charge is -2.21. The minimum atomic E-state index is -2.59. The first-order chi connectivity index (χ1) is 8.49. The van der Waals surface area contributed by atoms with Crippen molar-refractivity contribution in [3.63, 3.8) is 0 Å². The summed E-state index contributed by atoms with van der Waals surface area (Å²) in [6.07, 6.45) is 1.13. The van der Waals surface area contributed by atoms with Crippen molar-refractivity contribution in [1.29, 1.82) is 0 Å². The maximum absolute atomic E-state index is 13.4. The molecule has 0 saturated heterocycles. The van der Waals surface area contributed by atoms with E-state index < -0.39 is 17.3 Å². The zero-order valence-corrected chi connectivity index (χ0v) is 10.1. The first-order valence-corrected chi connectivity index (χ1v) is 6.10. The van der Waals surface area contributed by atoms with Gasteiger partial charge in [0.15, 0.2) is 5.69 Å². The number of aromatic nitrogens is 2. The van der Waals surface area contributed by atoms with E-state index in [4.69, 9.17) is 4.74 Å². The van der Waals surface area contributed by atoms with Crippen LogP contribution in [-0.4, -0.2) is 28.7 Å². The topological polar surface area (TPSA) is 55.0 Å². The van der Waals surface area contributed by atoms with Crippen molar-refractivity contribution in [1.82, 2.24) is 10.2 Å². The van der Waals surface area contributed by atoms with E-state index in [0.717, 1.165) is 5.69 Å². The molecular formula is C12H14F2N2O2. The number of rotatable bonds is 2. The number of nitrogens with zero attached hydrogens (tertiary/aromatic N) is 1. The minimum Gasteiger partial charge on any atom is -0.461 e. The molecule has 0 radical (unpaired) electrons. The van der Waals surface area contributed by atoms with E-state index in [2.05, 4.69) is 10.2 Å². The van der Waals surface area contributed by atoms with Crippen molar-refractivity contribution in [2.24, 2.45) is 5.41 Å². The minimum absolute atomic E-state index is 0.0765. The Labute approximate surface area is 103 Å². The van der Waals surface area contributed by atoms with Crippen molar-refractivity contribution >= 4 is 5.97 Å². The van der Waals surface area contributed by atoms with Crippen LogP contribution in [0.5, 0.6) is 0 Å². The van der Waals surface area contributed by atoms with Gasteiger partial charge in [0, 0.05) is 23.1 Å². The van der Waals surface area contributed by atoms with Crippen LogP contribution >= 0.6 is 0 Å². The number of aryl methyl sites for hydroxylation is 1. The van der Waals surface area contributed by atoms with Crippen LogP contribution in [0.4, 0.5) is 8.78 Å². The molecule has 18 heavy (non-hydrogen) atoms. The van der Waals surface area contributed by atoms with Gasteiger partial charge in [0.05, 0.1) is 6.61 Å². The van der Waals surface area contributed by atoms with Gasteiger partial charge >= 0.3 is 5.97 Å². The number of nitrogens with one attached hydrogen (secondary N) is 1. The molecule has 6 heteroatoms. The zero-order valence-electron chi connectivity index (χ0n) is 10.1. The molecule has 1 heterocycles. The quantitative estimate of drug-likeness (QED) is 0.824. The Kier molecular flexibility index (Phi) is 2.27. The number of halogens is 2. The number of fused-ring (bicyclic) bond motifs is 1. The average Bonchev–Trinajstić information content (AvgIpc) is 2.69. The van der Waals surface area contributed by atoms with E-state index in [0.29, 0.717) is 18.4 Å². The number of H-pyrrole nitrogens is 1. The highest BCUT2D eigenvalue weighted by molar-refractivity contribution is 5.89. The second-order valence-corrected chi connectivity index (χ2v) is 5.09. The highest BCUT2D eigenvalue weighted by atomic mass is 19.3. The number of carbonyl (C=O) groups is 1. The standard InChI is InChI=1S/C12H14F2N2O2/c1-2-18-10(17)9-7-5-11(6-12(11,13)14)4-3-8(7)15-16-9/h2-6H2,1H3,(H,15,16). The number of carbonyl (C=O) groups excluding carboxylic acids is 1. The Hall–Kier alpha value is -1.46. The van der Waals surface area contributed by atoms with Crippen LogP contribution in [0.2, 0.25) is 0 Å². The third-order valence-electron chi connectivity index (χ3n) is 4.00. The Balaban J connectivity index is 1.90. The van der Waals surface area contributed by atoms with Gasteiger partial charge in [-0.2, -0.15) is 5.10 Å². The van der Waals surface area contributed by atoms with Crippen LogP contribution < -0.4 is 0 Å². The van der Waals surface area contributed by atoms with Gasteiger partial charge in [0.1, 0.15) is 0 Å². The molecule has 1 saturated carbocycles. The summed E-state index contributed by atoms with van der Waals surface area (Å²) in [5, 5.41) is 6.68. The lowest BCUT2D eigenvalue weighted by molar-refractivity contribution is 0.0501. The van der Waals surface area contributed by atoms with Gasteiger partial charge < -0.3 is 4.74 Å². The molecule has 1 aromatic heterocycles. The molecule has 98 valence electrons. The maximum atomic E-state index is 13.4. The SMILES string of the molecule is CCOC(=O)c1n[nH]c2c1CC1(CC2)CC1(F)F. The molecule has 4 nitrogen and oxygen atoms in total. The molecular weight excluding hydrogens is 242 g/mol. The first-order valence-electron chi connectivity index (χ1n) is 6.10. The maximum Gasteiger partial charge on any atom is 0.359 e. The molecule has 0 bridgehead atoms. The van der Waals surface area contributed by atoms with Crippen molar-refractivity contribution in [3.8, 4) is 0 Å². The Morgan fingerprint density at radius 1 is 1.56 bits per heavy atom. The highest BCUT2D eigenvalue weighted by Crippen LogP contribution is 2.66. The van der Waals surface area contributed by atoms with Gasteiger partial charge in [-0.15, -0.1) is 0 Å². The third kappa shape index (κ3) is 1.47. The van der Waals surface area contributed by atoms with Crippen molar-refractivity contribution in [2.75, 3.05) is 6.61 Å². The predicted octanol–water partition coefficient (Wildman–Crippen LogP) is 2.10. The van der Waals surface area contributed by atoms with Crippen molar-refractivity contribution in [3.05, 3.63) is 17.0 Å². The monoisotopic (exact) mass is 256 g/mol. The smallest absolute Gasteiger partial charge is 0.359 e. The lowest BCUT2D eigenvalue weighted by Crippen LogP contribution is -2.22. The fourth-order valence-corrected chi connectivity index (χ4v) is 2.80. The van der Waals surface area contributed by atoms with Crippen LogP contribution in [0.1, 0.15) is 41.5 Å². The summed E-state index contributed by atoms with van der Waals surface area (Å²) >= 11 is 0. The van der Waals surface area contributed by atoms with Crippen LogP contribution in [0.15, 0.2) is 0 Å². The third-order valence-corrected chi connectivity index (χ3v) is 4.00. The van der Waals surface area contributed by atoms with Gasteiger partial charge in [-0.05, 0) is 26.2 Å². The largest absolute Gasteiger partial charge is 0.461 e. The number of aromatic amines is 1. The van der Waals surface area contributed by atoms with Gasteiger partial charge in [-0.25, -0.2) is 13.6 Å². The molecule has 3 rings (SSSR count). The first kappa shape index (κ1) is 11.6. The molecule has 1 fully saturated rings. The molecule has 0 aliphatic heterocycles. The van der Waals surface area contributed by atoms with E-state index in [1.54, 1.807) is 6.92 Å². The highest BCUT2D eigenvalue weighted by Gasteiger charge is 2.71. The molecule has 2 aliphatic carbocycles. The van der Waals surface area contributed by atoms with Crippen LogP contribution in [0.25, 0.3) is 0 Å². The van der Waals surface area contributed by atoms with Gasteiger partial charge in [-0.3, -0.25) is 5.10 Å². The molecule has 1 unspecified atom stereocenters.